The standard InChI is InChI=1S/C29H17N2O.C21H28NSi.Ir/c1-2-11-20-19(9-1)10-7-17-25(20)31-26-16-5-4-15-24(26)30-29(31)23-14-8-13-22-21-12-3-6-18-27(21)32-28(22)23;1-23(2,3)21-16-22-20(18-12-8-5-9-13-18)15-19(21)14-17-10-6-4-7-11-17;/h1-13,15-18H;5,8-9,12,15-17H,4,6-7,10-11,14H2,1-3H3;/q2*-1;. The smallest absolute Gasteiger partial charge is 0.120 e. The molecule has 3 aromatic heterocycles. The number of furan rings is 1. The average molecular weight is 924 g/mol. The molecule has 1 radical (unpaired) electrons. The largest absolute Gasteiger partial charge is 0.501 e. The van der Waals surface area contributed by atoms with E-state index < -0.39 is 8.07 Å². The van der Waals surface area contributed by atoms with Crippen molar-refractivity contribution in [3.8, 4) is 28.3 Å². The van der Waals surface area contributed by atoms with Crippen molar-refractivity contribution in [2.75, 3.05) is 0 Å². The van der Waals surface area contributed by atoms with Crippen LogP contribution in [0.1, 0.15) is 37.7 Å². The number of fused-ring (bicyclic) bond motifs is 5. The normalized spacial score (nSPS) is 13.5. The number of pyridine rings is 1. The number of rotatable bonds is 6. The van der Waals surface area contributed by atoms with Crippen molar-refractivity contribution in [2.24, 2.45) is 5.92 Å². The quantitative estimate of drug-likeness (QED) is 0.123. The Morgan fingerprint density at radius 3 is 2.30 bits per heavy atom. The molecule has 1 aliphatic rings. The van der Waals surface area contributed by atoms with Crippen LogP contribution >= 0.6 is 0 Å². The second-order valence-electron chi connectivity index (χ2n) is 15.9. The molecule has 0 spiro atoms. The SMILES string of the molecule is C[Si](C)(C)c1cnc(-c2[c-]cccc2)cc1CC1CCCCC1.[Ir].[c-]1ccc2c(oc3ccccc32)c1-c1nc2ccccc2n1-c1cccc2ccccc12. The third kappa shape index (κ3) is 7.42. The summed E-state index contributed by atoms with van der Waals surface area (Å²) in [5, 5.41) is 6.09. The molecule has 0 atom stereocenters. The van der Waals surface area contributed by atoms with Gasteiger partial charge in [0.15, 0.2) is 0 Å². The van der Waals surface area contributed by atoms with Crippen molar-refractivity contribution >= 4 is 57.0 Å². The van der Waals surface area contributed by atoms with Gasteiger partial charge in [-0.05, 0) is 52.9 Å². The average Bonchev–Trinajstić information content (AvgIpc) is 3.80. The summed E-state index contributed by atoms with van der Waals surface area (Å²) >= 11 is 0. The predicted octanol–water partition coefficient (Wildman–Crippen LogP) is 12.8. The minimum Gasteiger partial charge on any atom is -0.501 e. The topological polar surface area (TPSA) is 43.9 Å². The zero-order valence-electron chi connectivity index (χ0n) is 32.2. The van der Waals surface area contributed by atoms with Crippen molar-refractivity contribution in [1.82, 2.24) is 14.5 Å². The molecule has 4 nitrogen and oxygen atoms in total. The molecule has 6 heteroatoms. The molecule has 9 aromatic rings. The predicted molar refractivity (Wildman–Crippen MR) is 232 cm³/mol. The van der Waals surface area contributed by atoms with Crippen LogP contribution in [0.5, 0.6) is 0 Å². The third-order valence-electron chi connectivity index (χ3n) is 11.1. The molecule has 1 aliphatic carbocycles. The first-order valence-corrected chi connectivity index (χ1v) is 23.2. The van der Waals surface area contributed by atoms with Gasteiger partial charge in [-0.1, -0.05) is 141 Å². The molecule has 3 heterocycles. The first-order chi connectivity index (χ1) is 26.9. The first-order valence-electron chi connectivity index (χ1n) is 19.7. The van der Waals surface area contributed by atoms with Crippen LogP contribution in [0.2, 0.25) is 19.6 Å². The summed E-state index contributed by atoms with van der Waals surface area (Å²) < 4.78 is 8.56. The minimum atomic E-state index is -1.36. The van der Waals surface area contributed by atoms with Crippen LogP contribution < -0.4 is 5.19 Å². The number of nitrogens with zero attached hydrogens (tertiary/aromatic N) is 3. The maximum Gasteiger partial charge on any atom is 0.120 e. The Kier molecular flexibility index (Phi) is 10.9. The van der Waals surface area contributed by atoms with Gasteiger partial charge in [0.2, 0.25) is 0 Å². The minimum absolute atomic E-state index is 0. The fraction of sp³-hybridized carbons (Fsp3) is 0.200. The van der Waals surface area contributed by atoms with Gasteiger partial charge in [-0.15, -0.1) is 54.1 Å². The van der Waals surface area contributed by atoms with Crippen molar-refractivity contribution in [1.29, 1.82) is 0 Å². The van der Waals surface area contributed by atoms with E-state index in [0.717, 1.165) is 67.2 Å². The fourth-order valence-electron chi connectivity index (χ4n) is 8.44. The summed E-state index contributed by atoms with van der Waals surface area (Å²) in [4.78, 5) is 9.83. The van der Waals surface area contributed by atoms with Gasteiger partial charge in [0.1, 0.15) is 5.58 Å². The van der Waals surface area contributed by atoms with E-state index in [0.29, 0.717) is 0 Å². The van der Waals surface area contributed by atoms with Crippen LogP contribution in [0.4, 0.5) is 0 Å². The maximum atomic E-state index is 6.33. The summed E-state index contributed by atoms with van der Waals surface area (Å²) in [5.41, 5.74) is 9.38. The molecule has 6 aromatic carbocycles. The van der Waals surface area contributed by atoms with Gasteiger partial charge in [-0.3, -0.25) is 4.98 Å². The van der Waals surface area contributed by atoms with E-state index in [1.807, 2.05) is 42.5 Å². The molecule has 0 N–H and O–H groups in total. The van der Waals surface area contributed by atoms with Crippen LogP contribution in [-0.2, 0) is 26.5 Å². The van der Waals surface area contributed by atoms with Gasteiger partial charge in [-0.25, -0.2) is 0 Å². The fourth-order valence-corrected chi connectivity index (χ4v) is 10.0. The first kappa shape index (κ1) is 37.8. The summed E-state index contributed by atoms with van der Waals surface area (Å²) in [6, 6.07) is 52.6. The maximum absolute atomic E-state index is 6.33. The van der Waals surface area contributed by atoms with E-state index in [1.165, 1.54) is 49.3 Å². The molecular weight excluding hydrogens is 879 g/mol. The van der Waals surface area contributed by atoms with Gasteiger partial charge in [-0.2, -0.15) is 0 Å². The van der Waals surface area contributed by atoms with Crippen molar-refractivity contribution in [2.45, 2.75) is 58.2 Å². The Balaban J connectivity index is 0.000000164. The summed E-state index contributed by atoms with van der Waals surface area (Å²) in [7, 11) is -1.36. The van der Waals surface area contributed by atoms with Crippen LogP contribution in [0, 0.1) is 18.1 Å². The van der Waals surface area contributed by atoms with Crippen molar-refractivity contribution < 1.29 is 24.5 Å². The Bertz CT molecular complexity index is 2770. The van der Waals surface area contributed by atoms with E-state index >= 15 is 0 Å². The zero-order valence-corrected chi connectivity index (χ0v) is 35.6. The second kappa shape index (κ2) is 16.2. The van der Waals surface area contributed by atoms with Gasteiger partial charge < -0.3 is 14.0 Å². The van der Waals surface area contributed by atoms with Gasteiger partial charge in [0, 0.05) is 42.8 Å². The molecule has 1 saturated carbocycles. The number of benzene rings is 6. The van der Waals surface area contributed by atoms with Crippen LogP contribution in [0.15, 0.2) is 144 Å². The van der Waals surface area contributed by atoms with Crippen molar-refractivity contribution in [3.63, 3.8) is 0 Å². The number of aromatic nitrogens is 3. The van der Waals surface area contributed by atoms with E-state index in [2.05, 4.69) is 134 Å². The third-order valence-corrected chi connectivity index (χ3v) is 13.2. The van der Waals surface area contributed by atoms with Crippen LogP contribution in [0.25, 0.3) is 72.1 Å². The van der Waals surface area contributed by atoms with E-state index in [1.54, 1.807) is 10.8 Å². The van der Waals surface area contributed by atoms with Gasteiger partial charge >= 0.3 is 0 Å². The number of para-hydroxylation sites is 3. The Morgan fingerprint density at radius 2 is 1.48 bits per heavy atom. The molecule has 0 bridgehead atoms. The Labute approximate surface area is 344 Å². The van der Waals surface area contributed by atoms with E-state index in [9.17, 15) is 0 Å². The van der Waals surface area contributed by atoms with Crippen LogP contribution in [-0.4, -0.2) is 22.6 Å². The molecule has 1 fully saturated rings. The van der Waals surface area contributed by atoms with E-state index in [4.69, 9.17) is 14.4 Å². The molecule has 0 unspecified atom stereocenters. The number of hydrogen-bond donors (Lipinski definition) is 0. The number of imidazole rings is 1. The Hall–Kier alpha value is -5.13. The van der Waals surface area contributed by atoms with Crippen LogP contribution in [0.3, 0.4) is 0 Å². The summed E-state index contributed by atoms with van der Waals surface area (Å²) in [5.74, 6) is 1.70. The van der Waals surface area contributed by atoms with Gasteiger partial charge in [0.05, 0.1) is 30.5 Å². The van der Waals surface area contributed by atoms with Crippen molar-refractivity contribution in [3.05, 3.63) is 157 Å². The zero-order chi connectivity index (χ0) is 37.4. The van der Waals surface area contributed by atoms with Gasteiger partial charge in [0.25, 0.3) is 0 Å². The molecule has 10 rings (SSSR count). The molecule has 0 aliphatic heterocycles. The molecule has 281 valence electrons. The molecule has 56 heavy (non-hydrogen) atoms. The summed E-state index contributed by atoms with van der Waals surface area (Å²) in [6.45, 7) is 7.30. The van der Waals surface area contributed by atoms with E-state index in [-0.39, 0.29) is 20.1 Å². The Morgan fingerprint density at radius 1 is 0.732 bits per heavy atom. The summed E-state index contributed by atoms with van der Waals surface area (Å²) in [6.07, 6.45) is 10.5. The number of hydrogen-bond acceptors (Lipinski definition) is 3. The molecular formula is C50H45IrN3OSi-2. The molecule has 0 amide bonds. The second-order valence-corrected chi connectivity index (χ2v) is 21.0. The molecule has 0 saturated heterocycles. The monoisotopic (exact) mass is 924 g/mol.